The fraction of sp³-hybridized carbons (Fsp3) is 0.226. The lowest BCUT2D eigenvalue weighted by Gasteiger charge is -2.26. The summed E-state index contributed by atoms with van der Waals surface area (Å²) in [6.07, 6.45) is 3.67. The van der Waals surface area contributed by atoms with Crippen LogP contribution in [-0.2, 0) is 15.9 Å². The van der Waals surface area contributed by atoms with Crippen molar-refractivity contribution >= 4 is 21.7 Å². The van der Waals surface area contributed by atoms with E-state index < -0.39 is 11.2 Å². The molecule has 0 aliphatic carbocycles. The molecule has 2 aromatic heterocycles. The highest BCUT2D eigenvalue weighted by Gasteiger charge is 2.61. The summed E-state index contributed by atoms with van der Waals surface area (Å²) < 4.78 is 14.1. The third-order valence-corrected chi connectivity index (χ3v) is 8.14. The Morgan fingerprint density at radius 3 is 2.68 bits per heavy atom. The molecule has 7 nitrogen and oxygen atoms in total. The van der Waals surface area contributed by atoms with Crippen molar-refractivity contribution in [2.45, 2.75) is 37.4 Å². The molecule has 0 amide bonds. The van der Waals surface area contributed by atoms with Crippen molar-refractivity contribution in [3.05, 3.63) is 89.6 Å². The molecule has 2 unspecified atom stereocenters. The van der Waals surface area contributed by atoms with Gasteiger partial charge in [0.2, 0.25) is 11.8 Å². The van der Waals surface area contributed by atoms with Crippen LogP contribution in [0.2, 0.25) is 0 Å². The summed E-state index contributed by atoms with van der Waals surface area (Å²) >= 11 is 0. The number of nitriles is 1. The van der Waals surface area contributed by atoms with E-state index in [4.69, 9.17) is 9.47 Å². The number of benzene rings is 3. The highest BCUT2D eigenvalue weighted by atomic mass is 16.5. The van der Waals surface area contributed by atoms with Crippen LogP contribution in [-0.4, -0.2) is 26.4 Å². The largest absolute Gasteiger partial charge is 0.494 e. The molecule has 7 heteroatoms. The summed E-state index contributed by atoms with van der Waals surface area (Å²) in [7, 11) is 0. The number of hydrogen-bond donors (Lipinski definition) is 2. The predicted molar refractivity (Wildman–Crippen MR) is 143 cm³/mol. The number of ether oxygens (including phenoxy) is 2. The first-order chi connectivity index (χ1) is 18.4. The molecule has 38 heavy (non-hydrogen) atoms. The van der Waals surface area contributed by atoms with E-state index in [0.29, 0.717) is 48.2 Å². The zero-order valence-electron chi connectivity index (χ0n) is 20.8. The van der Waals surface area contributed by atoms with Crippen LogP contribution in [0, 0.1) is 11.3 Å². The van der Waals surface area contributed by atoms with Gasteiger partial charge in [0.1, 0.15) is 17.4 Å². The molecule has 0 radical (unpaired) electrons. The molecular weight excluding hydrogens is 478 g/mol. The lowest BCUT2D eigenvalue weighted by molar-refractivity contribution is -0.0876. The van der Waals surface area contributed by atoms with Crippen LogP contribution in [0.4, 0.5) is 0 Å². The molecule has 4 heterocycles. The van der Waals surface area contributed by atoms with Gasteiger partial charge >= 0.3 is 0 Å². The lowest BCUT2D eigenvalue weighted by atomic mass is 9.78. The maximum atomic E-state index is 11.6. The van der Waals surface area contributed by atoms with Gasteiger partial charge in [-0.1, -0.05) is 36.4 Å². The predicted octanol–water partition coefficient (Wildman–Crippen LogP) is 6.17. The van der Waals surface area contributed by atoms with Gasteiger partial charge in [-0.2, -0.15) is 5.26 Å². The van der Waals surface area contributed by atoms with Gasteiger partial charge in [0.05, 0.1) is 40.1 Å². The first-order valence-corrected chi connectivity index (χ1v) is 12.7. The first-order valence-electron chi connectivity index (χ1n) is 12.7. The zero-order chi connectivity index (χ0) is 26.1. The van der Waals surface area contributed by atoms with Crippen LogP contribution in [0.3, 0.4) is 0 Å². The molecule has 3 aromatic carbocycles. The van der Waals surface area contributed by atoms with E-state index in [-0.39, 0.29) is 11.8 Å². The van der Waals surface area contributed by atoms with Crippen molar-refractivity contribution in [1.82, 2.24) is 9.55 Å². The molecular formula is C31H25N3O4. The zero-order valence-corrected chi connectivity index (χ0v) is 20.8. The Bertz CT molecular complexity index is 1800. The Labute approximate surface area is 219 Å². The topological polar surface area (TPSA) is 101 Å². The summed E-state index contributed by atoms with van der Waals surface area (Å²) in [6.45, 7) is 2.32. The van der Waals surface area contributed by atoms with Gasteiger partial charge in [0.25, 0.3) is 0 Å². The van der Waals surface area contributed by atoms with Crippen LogP contribution in [0.5, 0.6) is 17.5 Å². The maximum absolute atomic E-state index is 11.6. The monoisotopic (exact) mass is 503 g/mol. The molecule has 0 spiro atoms. The molecule has 2 atom stereocenters. The van der Waals surface area contributed by atoms with Gasteiger partial charge < -0.3 is 19.7 Å². The van der Waals surface area contributed by atoms with E-state index in [9.17, 15) is 15.5 Å². The molecule has 2 aliphatic rings. The molecule has 1 fully saturated rings. The van der Waals surface area contributed by atoms with Gasteiger partial charge in [0, 0.05) is 23.4 Å². The Kier molecular flexibility index (Phi) is 4.75. The van der Waals surface area contributed by atoms with E-state index in [1.54, 1.807) is 12.3 Å². The minimum absolute atomic E-state index is 0.0868. The molecule has 2 bridgehead atoms. The molecule has 2 N–H and O–H groups in total. The maximum Gasteiger partial charge on any atom is 0.205 e. The van der Waals surface area contributed by atoms with Crippen LogP contribution in [0.25, 0.3) is 27.4 Å². The second kappa shape index (κ2) is 7.98. The Morgan fingerprint density at radius 2 is 1.82 bits per heavy atom. The van der Waals surface area contributed by atoms with E-state index in [0.717, 1.165) is 27.4 Å². The standard InChI is InChI=1S/C31H25N3O4/c1-30-12-13-31(38-30,14-16-37-21-9-10-24-20(17-21)6-4-15-33-24)27-26(30)28(35)34(29(27)36)25-11-8-19-5-2-3-7-22(19)23(25)18-32/h2-11,15,17,35-36H,12-14,16H2,1H3. The number of aromatic hydroxyl groups is 2. The van der Waals surface area contributed by atoms with Crippen LogP contribution >= 0.6 is 0 Å². The number of rotatable bonds is 5. The van der Waals surface area contributed by atoms with E-state index in [2.05, 4.69) is 11.1 Å². The average Bonchev–Trinajstić information content (AvgIpc) is 3.52. The third-order valence-electron chi connectivity index (χ3n) is 8.14. The summed E-state index contributed by atoms with van der Waals surface area (Å²) in [4.78, 5) is 4.35. The van der Waals surface area contributed by atoms with Gasteiger partial charge in [-0.05, 0) is 55.5 Å². The van der Waals surface area contributed by atoms with Crippen molar-refractivity contribution in [1.29, 1.82) is 5.26 Å². The number of pyridine rings is 1. The molecule has 1 saturated heterocycles. The van der Waals surface area contributed by atoms with E-state index in [1.165, 1.54) is 4.57 Å². The van der Waals surface area contributed by atoms with Gasteiger partial charge in [-0.3, -0.25) is 4.98 Å². The number of fused-ring (bicyclic) bond motifs is 7. The Balaban J connectivity index is 1.27. The van der Waals surface area contributed by atoms with Gasteiger partial charge in [-0.25, -0.2) is 4.57 Å². The fourth-order valence-corrected chi connectivity index (χ4v) is 6.38. The van der Waals surface area contributed by atoms with Crippen molar-refractivity contribution in [3.8, 4) is 29.3 Å². The third kappa shape index (κ3) is 3.07. The quantitative estimate of drug-likeness (QED) is 0.298. The summed E-state index contributed by atoms with van der Waals surface area (Å²) in [5, 5.41) is 35.8. The number of nitrogens with zero attached hydrogens (tertiary/aromatic N) is 3. The fourth-order valence-electron chi connectivity index (χ4n) is 6.38. The lowest BCUT2D eigenvalue weighted by Crippen LogP contribution is -2.25. The van der Waals surface area contributed by atoms with Crippen LogP contribution < -0.4 is 4.74 Å². The van der Waals surface area contributed by atoms with E-state index >= 15 is 0 Å². The van der Waals surface area contributed by atoms with Gasteiger partial charge in [-0.15, -0.1) is 0 Å². The van der Waals surface area contributed by atoms with Crippen molar-refractivity contribution in [2.75, 3.05) is 6.61 Å². The van der Waals surface area contributed by atoms with Crippen molar-refractivity contribution in [2.24, 2.45) is 0 Å². The van der Waals surface area contributed by atoms with E-state index in [1.807, 2.05) is 67.6 Å². The minimum Gasteiger partial charge on any atom is -0.494 e. The average molecular weight is 504 g/mol. The normalized spacial score (nSPS) is 21.6. The highest BCUT2D eigenvalue weighted by molar-refractivity contribution is 5.91. The highest BCUT2D eigenvalue weighted by Crippen LogP contribution is 2.65. The first kappa shape index (κ1) is 22.6. The number of aromatic nitrogens is 2. The molecule has 0 saturated carbocycles. The SMILES string of the molecule is CC12CCC(CCOc3ccc4ncccc4c3)(O1)c1c2c(O)n(-c2ccc3ccccc3c2C#N)c1O. The molecule has 7 rings (SSSR count). The Hall–Kier alpha value is -4.54. The summed E-state index contributed by atoms with van der Waals surface area (Å²) in [5.41, 5.74) is 1.39. The second-order valence-electron chi connectivity index (χ2n) is 10.3. The van der Waals surface area contributed by atoms with Gasteiger partial charge in [0.15, 0.2) is 0 Å². The summed E-state index contributed by atoms with van der Waals surface area (Å²) in [5.74, 6) is 0.557. The summed E-state index contributed by atoms with van der Waals surface area (Å²) in [6, 6.07) is 23.2. The van der Waals surface area contributed by atoms with Crippen molar-refractivity contribution in [3.63, 3.8) is 0 Å². The number of hydrogen-bond acceptors (Lipinski definition) is 6. The van der Waals surface area contributed by atoms with Crippen molar-refractivity contribution < 1.29 is 19.7 Å². The van der Waals surface area contributed by atoms with Crippen LogP contribution in [0.15, 0.2) is 72.9 Å². The molecule has 188 valence electrons. The Morgan fingerprint density at radius 1 is 1.00 bits per heavy atom. The second-order valence-corrected chi connectivity index (χ2v) is 10.3. The smallest absolute Gasteiger partial charge is 0.205 e. The molecule has 2 aliphatic heterocycles. The minimum atomic E-state index is -0.793. The molecule has 5 aromatic rings. The van der Waals surface area contributed by atoms with Crippen LogP contribution in [0.1, 0.15) is 42.9 Å².